The van der Waals surface area contributed by atoms with Crippen LogP contribution in [0, 0.1) is 0 Å². The molecule has 0 aromatic heterocycles. The van der Waals surface area contributed by atoms with Gasteiger partial charge in [-0.25, -0.2) is 0 Å². The van der Waals surface area contributed by atoms with E-state index in [2.05, 4.69) is 6.92 Å². The Balaban J connectivity index is 0. The Bertz CT molecular complexity index is 27.3. The lowest BCUT2D eigenvalue weighted by atomic mass is 10.2. The molecule has 3 N–H and O–H groups in total. The Hall–Kier alpha value is -0.0800. The monoisotopic (exact) mass is 106 g/mol. The smallest absolute Gasteiger partial charge is 0.0512 e. The molecule has 0 heterocycles. The highest BCUT2D eigenvalue weighted by Crippen LogP contribution is 1.91. The quantitative estimate of drug-likeness (QED) is 0.542. The second kappa shape index (κ2) is 5.92. The molecule has 46 valence electrons. The maximum absolute atomic E-state index is 8.55. The summed E-state index contributed by atoms with van der Waals surface area (Å²) in [4.78, 5) is 0. The number of aliphatic hydroxyl groups excluding tert-OH is 1. The first-order valence-electron chi connectivity index (χ1n) is 2.45. The van der Waals surface area contributed by atoms with Crippen molar-refractivity contribution in [1.82, 2.24) is 0 Å². The Morgan fingerprint density at radius 2 is 2.00 bits per heavy atom. The van der Waals surface area contributed by atoms with E-state index in [1.165, 1.54) is 0 Å². The fourth-order valence-electron chi connectivity index (χ4n) is 0.418. The minimum Gasteiger partial charge on any atom is -0.412 e. The summed E-state index contributed by atoms with van der Waals surface area (Å²) in [7, 11) is 0. The normalized spacial score (nSPS) is 12.4. The molecule has 0 spiro atoms. The van der Waals surface area contributed by atoms with Crippen LogP contribution in [0.4, 0.5) is 0 Å². The van der Waals surface area contributed by atoms with Gasteiger partial charge in [0.2, 0.25) is 0 Å². The van der Waals surface area contributed by atoms with Gasteiger partial charge in [0.05, 0.1) is 6.10 Å². The van der Waals surface area contributed by atoms with Crippen LogP contribution in [0.3, 0.4) is 0 Å². The van der Waals surface area contributed by atoms with Crippen molar-refractivity contribution in [2.75, 3.05) is 0 Å². The molecule has 0 bridgehead atoms. The van der Waals surface area contributed by atoms with Crippen LogP contribution in [0.2, 0.25) is 0 Å². The molecule has 0 aromatic rings. The van der Waals surface area contributed by atoms with Crippen LogP contribution in [0.5, 0.6) is 0 Å². The SMILES string of the molecule is CCC[C@@H](C)O.O. The highest BCUT2D eigenvalue weighted by Gasteiger charge is 1.87. The molecule has 2 heteroatoms. The minimum absolute atomic E-state index is 0. The van der Waals surface area contributed by atoms with Crippen molar-refractivity contribution >= 4 is 0 Å². The lowest BCUT2D eigenvalue weighted by Crippen LogP contribution is -1.95. The highest BCUT2D eigenvalue weighted by molar-refractivity contribution is 4.40. The van der Waals surface area contributed by atoms with Crippen molar-refractivity contribution < 1.29 is 10.6 Å². The van der Waals surface area contributed by atoms with E-state index < -0.39 is 0 Å². The zero-order valence-corrected chi connectivity index (χ0v) is 4.94. The van der Waals surface area contributed by atoms with E-state index in [1.54, 1.807) is 0 Å². The minimum atomic E-state index is -0.102. The standard InChI is InChI=1S/C5H12O.H2O/c1-3-4-5(2)6;/h5-6H,3-4H2,1-2H3;1H2/t5-;/m1./s1. The number of hydrogen-bond acceptors (Lipinski definition) is 1. The summed E-state index contributed by atoms with van der Waals surface area (Å²) in [5.74, 6) is 0. The van der Waals surface area contributed by atoms with Gasteiger partial charge in [0, 0.05) is 0 Å². The zero-order valence-electron chi connectivity index (χ0n) is 4.94. The van der Waals surface area contributed by atoms with E-state index in [0.717, 1.165) is 12.8 Å². The van der Waals surface area contributed by atoms with Crippen LogP contribution in [0.15, 0.2) is 0 Å². The molecular formula is C5H14O2. The van der Waals surface area contributed by atoms with Gasteiger partial charge >= 0.3 is 0 Å². The van der Waals surface area contributed by atoms with E-state index in [-0.39, 0.29) is 11.6 Å². The topological polar surface area (TPSA) is 51.7 Å². The Morgan fingerprint density at radius 1 is 1.57 bits per heavy atom. The third-order valence-electron chi connectivity index (χ3n) is 0.706. The lowest BCUT2D eigenvalue weighted by molar-refractivity contribution is 0.183. The Morgan fingerprint density at radius 3 is 2.00 bits per heavy atom. The summed E-state index contributed by atoms with van der Waals surface area (Å²) in [5, 5.41) is 8.55. The largest absolute Gasteiger partial charge is 0.412 e. The molecule has 0 saturated heterocycles. The first kappa shape index (κ1) is 10.0. The molecule has 0 aliphatic heterocycles. The molecule has 0 aliphatic carbocycles. The average molecular weight is 106 g/mol. The molecule has 0 unspecified atom stereocenters. The number of rotatable bonds is 2. The molecule has 0 fully saturated rings. The summed E-state index contributed by atoms with van der Waals surface area (Å²) in [6.07, 6.45) is 1.91. The van der Waals surface area contributed by atoms with E-state index in [1.807, 2.05) is 6.92 Å². The lowest BCUT2D eigenvalue weighted by Gasteiger charge is -1.95. The molecule has 0 amide bonds. The van der Waals surface area contributed by atoms with Gasteiger partial charge < -0.3 is 10.6 Å². The van der Waals surface area contributed by atoms with Crippen LogP contribution in [0.25, 0.3) is 0 Å². The molecule has 2 nitrogen and oxygen atoms in total. The van der Waals surface area contributed by atoms with Crippen LogP contribution in [0.1, 0.15) is 26.7 Å². The van der Waals surface area contributed by atoms with Crippen molar-refractivity contribution in [1.29, 1.82) is 0 Å². The molecule has 0 rings (SSSR count). The summed E-state index contributed by atoms with van der Waals surface area (Å²) in [5.41, 5.74) is 0. The summed E-state index contributed by atoms with van der Waals surface area (Å²) in [6, 6.07) is 0. The summed E-state index contributed by atoms with van der Waals surface area (Å²) in [6.45, 7) is 3.87. The van der Waals surface area contributed by atoms with E-state index in [0.29, 0.717) is 0 Å². The van der Waals surface area contributed by atoms with E-state index in [4.69, 9.17) is 5.11 Å². The molecule has 0 radical (unpaired) electrons. The Kier molecular flexibility index (Phi) is 8.47. The van der Waals surface area contributed by atoms with Gasteiger partial charge in [-0.1, -0.05) is 13.3 Å². The first-order valence-corrected chi connectivity index (χ1v) is 2.45. The predicted octanol–water partition coefficient (Wildman–Crippen LogP) is 0.343. The summed E-state index contributed by atoms with van der Waals surface area (Å²) >= 11 is 0. The number of hydrogen-bond donors (Lipinski definition) is 1. The molecule has 7 heavy (non-hydrogen) atoms. The van der Waals surface area contributed by atoms with Crippen LogP contribution >= 0.6 is 0 Å². The average Bonchev–Trinajstić information content (AvgIpc) is 1.35. The second-order valence-electron chi connectivity index (χ2n) is 1.64. The van der Waals surface area contributed by atoms with Gasteiger partial charge in [0.1, 0.15) is 0 Å². The molecule has 1 atom stereocenters. The van der Waals surface area contributed by atoms with Crippen LogP contribution in [-0.2, 0) is 0 Å². The summed E-state index contributed by atoms with van der Waals surface area (Å²) < 4.78 is 0. The van der Waals surface area contributed by atoms with Gasteiger partial charge in [-0.15, -0.1) is 0 Å². The van der Waals surface area contributed by atoms with Gasteiger partial charge in [-0.2, -0.15) is 0 Å². The first-order chi connectivity index (χ1) is 2.77. The van der Waals surface area contributed by atoms with Crippen LogP contribution < -0.4 is 0 Å². The molecule has 0 aliphatic rings. The van der Waals surface area contributed by atoms with Gasteiger partial charge in [0.15, 0.2) is 0 Å². The van der Waals surface area contributed by atoms with Crippen molar-refractivity contribution in [3.8, 4) is 0 Å². The molecule has 0 saturated carbocycles. The molecule has 0 aromatic carbocycles. The van der Waals surface area contributed by atoms with Crippen LogP contribution in [-0.4, -0.2) is 16.7 Å². The fourth-order valence-corrected chi connectivity index (χ4v) is 0.418. The van der Waals surface area contributed by atoms with E-state index >= 15 is 0 Å². The highest BCUT2D eigenvalue weighted by atomic mass is 16.3. The molecular weight excluding hydrogens is 92.1 g/mol. The third-order valence-corrected chi connectivity index (χ3v) is 0.706. The second-order valence-corrected chi connectivity index (χ2v) is 1.64. The number of aliphatic hydroxyl groups is 1. The van der Waals surface area contributed by atoms with Crippen molar-refractivity contribution in [3.05, 3.63) is 0 Å². The third kappa shape index (κ3) is 10.7. The Labute approximate surface area is 44.5 Å². The van der Waals surface area contributed by atoms with Gasteiger partial charge in [-0.3, -0.25) is 0 Å². The van der Waals surface area contributed by atoms with Crippen molar-refractivity contribution in [2.45, 2.75) is 32.8 Å². The maximum Gasteiger partial charge on any atom is 0.0512 e. The van der Waals surface area contributed by atoms with Crippen molar-refractivity contribution in [3.63, 3.8) is 0 Å². The fraction of sp³-hybridized carbons (Fsp3) is 1.00. The maximum atomic E-state index is 8.55. The predicted molar refractivity (Wildman–Crippen MR) is 30.2 cm³/mol. The van der Waals surface area contributed by atoms with E-state index in [9.17, 15) is 0 Å². The zero-order chi connectivity index (χ0) is 4.99. The van der Waals surface area contributed by atoms with Crippen molar-refractivity contribution in [2.24, 2.45) is 0 Å². The van der Waals surface area contributed by atoms with Gasteiger partial charge in [0.25, 0.3) is 0 Å². The van der Waals surface area contributed by atoms with Gasteiger partial charge in [-0.05, 0) is 13.3 Å².